The number of likely N-dealkylation sites (N-methyl/N-ethyl adjacent to an activating group) is 1. The number of thioether (sulfide) groups is 1. The van der Waals surface area contributed by atoms with Gasteiger partial charge in [-0.1, -0.05) is 11.6 Å². The van der Waals surface area contributed by atoms with E-state index in [1.54, 1.807) is 26.3 Å². The van der Waals surface area contributed by atoms with Gasteiger partial charge < -0.3 is 9.47 Å². The van der Waals surface area contributed by atoms with Gasteiger partial charge in [-0.05, 0) is 82.7 Å². The van der Waals surface area contributed by atoms with Crippen molar-refractivity contribution in [2.45, 2.75) is 6.92 Å². The summed E-state index contributed by atoms with van der Waals surface area (Å²) in [6.07, 6.45) is 1.82. The number of rotatable bonds is 5. The standard InChI is InChI=1S/C20H18BrClN2O3S/c1-4-27-16-10-12(9-15(21)18(16)26-3)11-17-19(25)24(2)20(28-17)23-14-7-5-13(22)6-8-14/h5-11H,4H2,1-3H3. The summed E-state index contributed by atoms with van der Waals surface area (Å²) < 4.78 is 11.8. The number of nitrogens with zero attached hydrogens (tertiary/aromatic N) is 2. The number of halogens is 2. The summed E-state index contributed by atoms with van der Waals surface area (Å²) in [5.74, 6) is 1.13. The molecule has 0 aromatic heterocycles. The first kappa shape index (κ1) is 20.8. The molecule has 0 atom stereocenters. The predicted octanol–water partition coefficient (Wildman–Crippen LogP) is 5.74. The van der Waals surface area contributed by atoms with Crippen LogP contribution < -0.4 is 9.47 Å². The van der Waals surface area contributed by atoms with E-state index in [-0.39, 0.29) is 5.91 Å². The van der Waals surface area contributed by atoms with Crippen LogP contribution in [-0.4, -0.2) is 36.7 Å². The molecule has 0 radical (unpaired) electrons. The lowest BCUT2D eigenvalue weighted by Crippen LogP contribution is -2.23. The molecule has 3 rings (SSSR count). The van der Waals surface area contributed by atoms with E-state index in [2.05, 4.69) is 20.9 Å². The first-order valence-electron chi connectivity index (χ1n) is 8.45. The fourth-order valence-corrected chi connectivity index (χ4v) is 4.30. The maximum Gasteiger partial charge on any atom is 0.266 e. The Morgan fingerprint density at radius 2 is 2.00 bits per heavy atom. The van der Waals surface area contributed by atoms with E-state index in [1.807, 2.05) is 37.3 Å². The first-order chi connectivity index (χ1) is 13.4. The summed E-state index contributed by atoms with van der Waals surface area (Å²) in [7, 11) is 3.30. The third kappa shape index (κ3) is 4.54. The van der Waals surface area contributed by atoms with Crippen LogP contribution in [0, 0.1) is 0 Å². The molecule has 0 N–H and O–H groups in total. The number of ether oxygens (including phenoxy) is 2. The van der Waals surface area contributed by atoms with E-state index in [0.29, 0.717) is 33.2 Å². The highest BCUT2D eigenvalue weighted by Gasteiger charge is 2.30. The highest BCUT2D eigenvalue weighted by atomic mass is 79.9. The van der Waals surface area contributed by atoms with Crippen LogP contribution in [-0.2, 0) is 4.79 Å². The van der Waals surface area contributed by atoms with Crippen LogP contribution >= 0.6 is 39.3 Å². The van der Waals surface area contributed by atoms with Gasteiger partial charge in [-0.15, -0.1) is 0 Å². The quantitative estimate of drug-likeness (QED) is 0.511. The van der Waals surface area contributed by atoms with Gasteiger partial charge in [0.15, 0.2) is 16.7 Å². The Labute approximate surface area is 181 Å². The molecule has 5 nitrogen and oxygen atoms in total. The summed E-state index contributed by atoms with van der Waals surface area (Å²) in [5.41, 5.74) is 1.56. The van der Waals surface area contributed by atoms with Crippen molar-refractivity contribution < 1.29 is 14.3 Å². The van der Waals surface area contributed by atoms with Gasteiger partial charge in [-0.3, -0.25) is 9.69 Å². The molecule has 1 fully saturated rings. The minimum Gasteiger partial charge on any atom is -0.492 e. The summed E-state index contributed by atoms with van der Waals surface area (Å²) in [4.78, 5) is 19.3. The smallest absolute Gasteiger partial charge is 0.266 e. The monoisotopic (exact) mass is 480 g/mol. The molecule has 0 aliphatic carbocycles. The molecule has 1 heterocycles. The third-order valence-electron chi connectivity index (χ3n) is 3.89. The van der Waals surface area contributed by atoms with E-state index in [4.69, 9.17) is 21.1 Å². The van der Waals surface area contributed by atoms with Crippen molar-refractivity contribution in [1.82, 2.24) is 4.90 Å². The maximum absolute atomic E-state index is 12.7. The molecule has 146 valence electrons. The van der Waals surface area contributed by atoms with Gasteiger partial charge in [0.05, 0.1) is 28.8 Å². The molecule has 1 aliphatic rings. The van der Waals surface area contributed by atoms with E-state index in [1.165, 1.54) is 16.7 Å². The predicted molar refractivity (Wildman–Crippen MR) is 119 cm³/mol. The van der Waals surface area contributed by atoms with Crippen LogP contribution in [0.4, 0.5) is 5.69 Å². The van der Waals surface area contributed by atoms with Gasteiger partial charge in [0.2, 0.25) is 0 Å². The van der Waals surface area contributed by atoms with E-state index in [9.17, 15) is 4.79 Å². The number of benzene rings is 2. The van der Waals surface area contributed by atoms with E-state index in [0.717, 1.165) is 15.7 Å². The topological polar surface area (TPSA) is 51.1 Å². The largest absolute Gasteiger partial charge is 0.492 e. The summed E-state index contributed by atoms with van der Waals surface area (Å²) >= 11 is 10.7. The van der Waals surface area contributed by atoms with E-state index < -0.39 is 0 Å². The fraction of sp³-hybridized carbons (Fsp3) is 0.200. The van der Waals surface area contributed by atoms with Gasteiger partial charge >= 0.3 is 0 Å². The lowest BCUT2D eigenvalue weighted by atomic mass is 10.2. The van der Waals surface area contributed by atoms with Crippen molar-refractivity contribution in [3.63, 3.8) is 0 Å². The van der Waals surface area contributed by atoms with Gasteiger partial charge in [0.1, 0.15) is 0 Å². The second-order valence-corrected chi connectivity index (χ2v) is 8.11. The maximum atomic E-state index is 12.7. The first-order valence-corrected chi connectivity index (χ1v) is 10.4. The number of methoxy groups -OCH3 is 1. The second kappa shape index (κ2) is 9.03. The average Bonchev–Trinajstić information content (AvgIpc) is 2.92. The number of aliphatic imine (C=N–C) groups is 1. The fourth-order valence-electron chi connectivity index (χ4n) is 2.56. The Morgan fingerprint density at radius 1 is 1.29 bits per heavy atom. The summed E-state index contributed by atoms with van der Waals surface area (Å²) in [5, 5.41) is 1.25. The van der Waals surface area contributed by atoms with Crippen LogP contribution in [0.2, 0.25) is 5.02 Å². The van der Waals surface area contributed by atoms with Gasteiger partial charge in [-0.25, -0.2) is 4.99 Å². The lowest BCUT2D eigenvalue weighted by molar-refractivity contribution is -0.121. The normalized spacial score (nSPS) is 16.9. The molecule has 0 spiro atoms. The van der Waals surface area contributed by atoms with Gasteiger partial charge in [0, 0.05) is 12.1 Å². The van der Waals surface area contributed by atoms with Crippen LogP contribution in [0.15, 0.2) is 50.8 Å². The van der Waals surface area contributed by atoms with Crippen LogP contribution in [0.3, 0.4) is 0 Å². The van der Waals surface area contributed by atoms with Crippen molar-refractivity contribution in [3.8, 4) is 11.5 Å². The Kier molecular flexibility index (Phi) is 6.69. The minimum absolute atomic E-state index is 0.109. The highest BCUT2D eigenvalue weighted by Crippen LogP contribution is 2.39. The van der Waals surface area contributed by atoms with Crippen LogP contribution in [0.25, 0.3) is 6.08 Å². The zero-order chi connectivity index (χ0) is 20.3. The summed E-state index contributed by atoms with van der Waals surface area (Å²) in [6, 6.07) is 10.9. The molecular formula is C20H18BrClN2O3S. The Morgan fingerprint density at radius 3 is 2.64 bits per heavy atom. The highest BCUT2D eigenvalue weighted by molar-refractivity contribution is 9.10. The number of hydrogen-bond acceptors (Lipinski definition) is 5. The molecule has 8 heteroatoms. The molecule has 28 heavy (non-hydrogen) atoms. The number of amides is 1. The lowest BCUT2D eigenvalue weighted by Gasteiger charge is -2.12. The molecule has 0 bridgehead atoms. The van der Waals surface area contributed by atoms with Crippen LogP contribution in [0.5, 0.6) is 11.5 Å². The Hall–Kier alpha value is -1.96. The Bertz CT molecular complexity index is 961. The van der Waals surface area contributed by atoms with Crippen LogP contribution in [0.1, 0.15) is 12.5 Å². The molecular weight excluding hydrogens is 464 g/mol. The second-order valence-electron chi connectivity index (χ2n) is 5.81. The number of carbonyl (C=O) groups excluding carboxylic acids is 1. The summed E-state index contributed by atoms with van der Waals surface area (Å²) in [6.45, 7) is 2.42. The van der Waals surface area contributed by atoms with Gasteiger partial charge in [0.25, 0.3) is 5.91 Å². The zero-order valence-corrected chi connectivity index (χ0v) is 18.7. The minimum atomic E-state index is -0.109. The number of amidine groups is 1. The number of hydrogen-bond donors (Lipinski definition) is 0. The Balaban J connectivity index is 1.92. The molecule has 2 aromatic carbocycles. The molecule has 0 unspecified atom stereocenters. The van der Waals surface area contributed by atoms with Crippen molar-refractivity contribution in [2.24, 2.45) is 4.99 Å². The van der Waals surface area contributed by atoms with Crippen molar-refractivity contribution in [2.75, 3.05) is 20.8 Å². The molecule has 2 aromatic rings. The number of carbonyl (C=O) groups is 1. The van der Waals surface area contributed by atoms with E-state index >= 15 is 0 Å². The zero-order valence-electron chi connectivity index (χ0n) is 15.5. The van der Waals surface area contributed by atoms with Crippen molar-refractivity contribution in [3.05, 3.63) is 56.4 Å². The molecule has 1 aliphatic heterocycles. The molecule has 0 saturated carbocycles. The van der Waals surface area contributed by atoms with Gasteiger partial charge in [-0.2, -0.15) is 0 Å². The van der Waals surface area contributed by atoms with Crippen molar-refractivity contribution in [1.29, 1.82) is 0 Å². The van der Waals surface area contributed by atoms with Crippen molar-refractivity contribution >= 4 is 62.1 Å². The third-order valence-corrected chi connectivity index (χ3v) is 5.79. The average molecular weight is 482 g/mol. The SMILES string of the molecule is CCOc1cc(C=C2SC(=Nc3ccc(Cl)cc3)N(C)C2=O)cc(Br)c1OC. The molecule has 1 saturated heterocycles. The molecule has 1 amide bonds.